The van der Waals surface area contributed by atoms with Gasteiger partial charge in [0.15, 0.2) is 0 Å². The van der Waals surface area contributed by atoms with Crippen molar-refractivity contribution in [2.24, 2.45) is 46.8 Å². The quantitative estimate of drug-likeness (QED) is 0.480. The Hall–Kier alpha value is -0.300. The van der Waals surface area contributed by atoms with Gasteiger partial charge < -0.3 is 5.11 Å². The van der Waals surface area contributed by atoms with Crippen LogP contribution in [0, 0.1) is 46.8 Å². The minimum atomic E-state index is -0.0898. The summed E-state index contributed by atoms with van der Waals surface area (Å²) in [4.78, 5) is 0. The molecule has 1 heteroatoms. The Morgan fingerprint density at radius 1 is 1.00 bits per heavy atom. The molecule has 8 atom stereocenters. The molecule has 0 saturated heterocycles. The fourth-order valence-electron chi connectivity index (χ4n) is 8.32. The molecule has 4 fully saturated rings. The van der Waals surface area contributed by atoms with Gasteiger partial charge in [0.2, 0.25) is 0 Å². The van der Waals surface area contributed by atoms with Crippen LogP contribution in [0.5, 0.6) is 0 Å². The van der Waals surface area contributed by atoms with Crippen LogP contribution in [-0.2, 0) is 0 Å². The van der Waals surface area contributed by atoms with E-state index >= 15 is 0 Å². The molecule has 0 spiro atoms. The Labute approximate surface area is 175 Å². The molecular weight excluding hydrogens is 340 g/mol. The highest BCUT2D eigenvalue weighted by atomic mass is 16.3. The van der Waals surface area contributed by atoms with E-state index < -0.39 is 0 Å². The van der Waals surface area contributed by atoms with Crippen molar-refractivity contribution < 1.29 is 5.11 Å². The van der Waals surface area contributed by atoms with E-state index in [1.165, 1.54) is 57.8 Å². The maximum Gasteiger partial charge on any atom is 0.0543 e. The van der Waals surface area contributed by atoms with Crippen molar-refractivity contribution in [3.8, 4) is 0 Å². The van der Waals surface area contributed by atoms with Gasteiger partial charge in [-0.05, 0) is 105 Å². The van der Waals surface area contributed by atoms with E-state index in [-0.39, 0.29) is 13.5 Å². The molecule has 0 aromatic carbocycles. The van der Waals surface area contributed by atoms with Gasteiger partial charge in [-0.1, -0.05) is 59.6 Å². The van der Waals surface area contributed by atoms with E-state index in [1.54, 1.807) is 5.57 Å². The number of hydrogen-bond donors (Lipinski definition) is 1. The first-order chi connectivity index (χ1) is 12.9. The standard InChI is InChI=1S/C26H44O.CH4/c1-17(2)9-12-21(27)15-20-11-14-24-23-13-10-19-7-5-6-8-22(19)25(23)18(3)16-26(20,24)4;/h17,19-25,27H,3,5-16H2,1-2,4H3;1H4. The number of allylic oxidation sites excluding steroid dienone is 1. The van der Waals surface area contributed by atoms with Crippen molar-refractivity contribution in [2.45, 2.75) is 111 Å². The first-order valence-electron chi connectivity index (χ1n) is 12.3. The minimum absolute atomic E-state index is 0. The smallest absolute Gasteiger partial charge is 0.0543 e. The van der Waals surface area contributed by atoms with E-state index in [0.717, 1.165) is 48.9 Å². The third-order valence-electron chi connectivity index (χ3n) is 9.60. The number of rotatable bonds is 5. The molecule has 0 bridgehead atoms. The van der Waals surface area contributed by atoms with Crippen LogP contribution in [0.15, 0.2) is 12.2 Å². The van der Waals surface area contributed by atoms with Crippen molar-refractivity contribution in [3.05, 3.63) is 12.2 Å². The van der Waals surface area contributed by atoms with E-state index in [2.05, 4.69) is 20.8 Å². The second-order valence-corrected chi connectivity index (χ2v) is 11.6. The highest BCUT2D eigenvalue weighted by Crippen LogP contribution is 2.66. The van der Waals surface area contributed by atoms with Crippen LogP contribution in [0.1, 0.15) is 105 Å². The fourth-order valence-corrected chi connectivity index (χ4v) is 8.32. The second-order valence-electron chi connectivity index (χ2n) is 11.6. The molecule has 0 aromatic heterocycles. The zero-order chi connectivity index (χ0) is 19.2. The van der Waals surface area contributed by atoms with Gasteiger partial charge in [-0.3, -0.25) is 0 Å². The molecule has 28 heavy (non-hydrogen) atoms. The summed E-state index contributed by atoms with van der Waals surface area (Å²) in [6.45, 7) is 11.8. The Bertz CT molecular complexity index is 536. The Morgan fingerprint density at radius 3 is 2.50 bits per heavy atom. The maximum atomic E-state index is 10.7. The lowest BCUT2D eigenvalue weighted by Gasteiger charge is -2.56. The fraction of sp³-hybridized carbons (Fsp3) is 0.926. The van der Waals surface area contributed by atoms with E-state index in [4.69, 9.17) is 6.58 Å². The average molecular weight is 389 g/mol. The van der Waals surface area contributed by atoms with Gasteiger partial charge >= 0.3 is 0 Å². The van der Waals surface area contributed by atoms with Crippen molar-refractivity contribution in [1.29, 1.82) is 0 Å². The van der Waals surface area contributed by atoms with Gasteiger partial charge in [0.1, 0.15) is 0 Å². The lowest BCUT2D eigenvalue weighted by Crippen LogP contribution is -2.49. The van der Waals surface area contributed by atoms with Gasteiger partial charge in [0.25, 0.3) is 0 Å². The first kappa shape index (κ1) is 22.4. The molecule has 0 radical (unpaired) electrons. The predicted octanol–water partition coefficient (Wildman–Crippen LogP) is 7.63. The molecule has 4 rings (SSSR count). The molecule has 0 heterocycles. The van der Waals surface area contributed by atoms with Crippen LogP contribution >= 0.6 is 0 Å². The minimum Gasteiger partial charge on any atom is -0.393 e. The third-order valence-corrected chi connectivity index (χ3v) is 9.60. The van der Waals surface area contributed by atoms with Crippen molar-refractivity contribution in [1.82, 2.24) is 0 Å². The summed E-state index contributed by atoms with van der Waals surface area (Å²) in [5, 5.41) is 10.7. The molecule has 1 nitrogen and oxygen atoms in total. The Kier molecular flexibility index (Phi) is 7.06. The molecule has 0 aliphatic heterocycles. The summed E-state index contributed by atoms with van der Waals surface area (Å²) in [6.07, 6.45) is 16.0. The molecule has 1 N–H and O–H groups in total. The molecule has 162 valence electrons. The summed E-state index contributed by atoms with van der Waals surface area (Å²) in [7, 11) is 0. The lowest BCUT2D eigenvalue weighted by molar-refractivity contribution is -0.0358. The number of aliphatic hydroxyl groups is 1. The topological polar surface area (TPSA) is 20.2 Å². The SMILES string of the molecule is C.C=C1CC2(C)C(CC(O)CCC(C)C)CCC2C2CCC3CCCCC3C12. The zero-order valence-electron chi connectivity index (χ0n) is 18.3. The second kappa shape index (κ2) is 8.83. The largest absolute Gasteiger partial charge is 0.393 e. The van der Waals surface area contributed by atoms with Gasteiger partial charge in [-0.15, -0.1) is 0 Å². The van der Waals surface area contributed by atoms with Crippen LogP contribution in [0.2, 0.25) is 0 Å². The normalized spacial score (nSPS) is 43.7. The lowest BCUT2D eigenvalue weighted by atomic mass is 9.48. The Morgan fingerprint density at radius 2 is 1.75 bits per heavy atom. The van der Waals surface area contributed by atoms with Crippen LogP contribution in [0.3, 0.4) is 0 Å². The zero-order valence-corrected chi connectivity index (χ0v) is 18.3. The Balaban J connectivity index is 0.00000225. The molecule has 8 unspecified atom stereocenters. The third kappa shape index (κ3) is 3.99. The van der Waals surface area contributed by atoms with Gasteiger partial charge in [0, 0.05) is 0 Å². The molecule has 4 saturated carbocycles. The molecule has 4 aliphatic carbocycles. The molecule has 4 aliphatic rings. The van der Waals surface area contributed by atoms with Crippen molar-refractivity contribution >= 4 is 0 Å². The molecule has 0 amide bonds. The van der Waals surface area contributed by atoms with Crippen molar-refractivity contribution in [3.63, 3.8) is 0 Å². The number of aliphatic hydroxyl groups excluding tert-OH is 1. The van der Waals surface area contributed by atoms with E-state index in [1.807, 2.05) is 0 Å². The summed E-state index contributed by atoms with van der Waals surface area (Å²) < 4.78 is 0. The summed E-state index contributed by atoms with van der Waals surface area (Å²) in [5.41, 5.74) is 2.03. The van der Waals surface area contributed by atoms with Gasteiger partial charge in [0.05, 0.1) is 6.10 Å². The highest BCUT2D eigenvalue weighted by molar-refractivity contribution is 5.20. The maximum absolute atomic E-state index is 10.7. The van der Waals surface area contributed by atoms with E-state index in [9.17, 15) is 5.11 Å². The summed E-state index contributed by atoms with van der Waals surface area (Å²) in [5.74, 6) is 6.04. The van der Waals surface area contributed by atoms with Gasteiger partial charge in [-0.25, -0.2) is 0 Å². The average Bonchev–Trinajstić information content (AvgIpc) is 2.95. The van der Waals surface area contributed by atoms with Crippen LogP contribution in [0.25, 0.3) is 0 Å². The monoisotopic (exact) mass is 388 g/mol. The predicted molar refractivity (Wildman–Crippen MR) is 121 cm³/mol. The van der Waals surface area contributed by atoms with Crippen LogP contribution in [0.4, 0.5) is 0 Å². The number of fused-ring (bicyclic) bond motifs is 5. The first-order valence-corrected chi connectivity index (χ1v) is 12.3. The number of hydrogen-bond acceptors (Lipinski definition) is 1. The van der Waals surface area contributed by atoms with Gasteiger partial charge in [-0.2, -0.15) is 0 Å². The summed E-state index contributed by atoms with van der Waals surface area (Å²) in [6, 6.07) is 0. The van der Waals surface area contributed by atoms with Crippen LogP contribution < -0.4 is 0 Å². The summed E-state index contributed by atoms with van der Waals surface area (Å²) >= 11 is 0. The van der Waals surface area contributed by atoms with Crippen molar-refractivity contribution in [2.75, 3.05) is 0 Å². The highest BCUT2D eigenvalue weighted by Gasteiger charge is 2.57. The van der Waals surface area contributed by atoms with E-state index in [0.29, 0.717) is 17.3 Å². The molecule has 0 aromatic rings. The molecular formula is C27H48O. The van der Waals surface area contributed by atoms with Crippen LogP contribution in [-0.4, -0.2) is 11.2 Å².